The molecule has 0 saturated carbocycles. The lowest BCUT2D eigenvalue weighted by molar-refractivity contribution is 0.0777. The number of piperidine rings is 2. The van der Waals surface area contributed by atoms with Gasteiger partial charge in [0.25, 0.3) is 5.91 Å². The number of allylic oxidation sites excluding steroid dienone is 1. The van der Waals surface area contributed by atoms with Gasteiger partial charge in [-0.3, -0.25) is 9.69 Å². The highest BCUT2D eigenvalue weighted by atomic mass is 16.5. The number of hydrogen-bond donors (Lipinski definition) is 2. The number of aromatic nitrogens is 1. The van der Waals surface area contributed by atoms with E-state index in [9.17, 15) is 9.90 Å². The van der Waals surface area contributed by atoms with Crippen LogP contribution in [0.25, 0.3) is 11.3 Å². The lowest BCUT2D eigenvalue weighted by atomic mass is 9.94. The molecular weight excluding hydrogens is 488 g/mol. The monoisotopic (exact) mass is 532 g/mol. The van der Waals surface area contributed by atoms with Gasteiger partial charge < -0.3 is 20.1 Å². The fraction of sp³-hybridized carbons (Fsp3) is 0.562. The molecule has 1 aromatic carbocycles. The summed E-state index contributed by atoms with van der Waals surface area (Å²) in [5, 5.41) is 12.9. The molecule has 2 fully saturated rings. The molecule has 2 aromatic rings. The van der Waals surface area contributed by atoms with Gasteiger partial charge in [-0.15, -0.1) is 0 Å². The summed E-state index contributed by atoms with van der Waals surface area (Å²) in [7, 11) is 1.68. The number of benzene rings is 1. The number of aliphatic hydroxyl groups is 1. The summed E-state index contributed by atoms with van der Waals surface area (Å²) < 4.78 is 5.61. The highest BCUT2D eigenvalue weighted by Crippen LogP contribution is 2.33. The van der Waals surface area contributed by atoms with Gasteiger partial charge in [-0.1, -0.05) is 23.8 Å². The average molecular weight is 533 g/mol. The first-order valence-corrected chi connectivity index (χ1v) is 14.9. The summed E-state index contributed by atoms with van der Waals surface area (Å²) in [6, 6.07) is 12.3. The van der Waals surface area contributed by atoms with Gasteiger partial charge in [-0.05, 0) is 94.5 Å². The Morgan fingerprint density at radius 3 is 2.69 bits per heavy atom. The molecule has 0 unspecified atom stereocenters. The molecule has 1 aliphatic carbocycles. The predicted molar refractivity (Wildman–Crippen MR) is 156 cm³/mol. The first-order chi connectivity index (χ1) is 19.2. The Hall–Kier alpha value is -2.90. The lowest BCUT2D eigenvalue weighted by Gasteiger charge is -2.42. The van der Waals surface area contributed by atoms with Crippen molar-refractivity contribution in [1.82, 2.24) is 15.2 Å². The van der Waals surface area contributed by atoms with Crippen molar-refractivity contribution in [2.45, 2.75) is 63.8 Å². The molecule has 5 rings (SSSR count). The molecule has 210 valence electrons. The van der Waals surface area contributed by atoms with Crippen LogP contribution in [0.3, 0.4) is 0 Å². The average Bonchev–Trinajstić information content (AvgIpc) is 3.01. The van der Waals surface area contributed by atoms with Crippen molar-refractivity contribution in [3.8, 4) is 17.0 Å². The molecule has 0 bridgehead atoms. The number of amides is 1. The van der Waals surface area contributed by atoms with Gasteiger partial charge in [0.2, 0.25) is 0 Å². The van der Waals surface area contributed by atoms with Crippen LogP contribution in [0, 0.1) is 5.92 Å². The third kappa shape index (κ3) is 6.82. The van der Waals surface area contributed by atoms with Gasteiger partial charge >= 0.3 is 0 Å². The van der Waals surface area contributed by atoms with Gasteiger partial charge in [0.05, 0.1) is 18.4 Å². The standard InChI is InChI=1S/C32H44N4O3/c1-39-30-12-6-5-11-27(30)29-14-13-28(32(38)33-18-15-24-8-3-2-4-9-24)31(34-29)35-20-16-26(17-21-35)36-19-7-10-25(22-36)23-37/h5-6,8,11-14,25-26,37H,2-4,7,9-10,15-23H2,1H3,(H,33,38)/t25-/m0/s1. The third-order valence-corrected chi connectivity index (χ3v) is 8.71. The van der Waals surface area contributed by atoms with Crippen LogP contribution in [0.5, 0.6) is 5.75 Å². The zero-order valence-corrected chi connectivity index (χ0v) is 23.4. The van der Waals surface area contributed by atoms with Gasteiger partial charge in [0.1, 0.15) is 11.6 Å². The normalized spacial score (nSPS) is 20.9. The predicted octanol–water partition coefficient (Wildman–Crippen LogP) is 5.05. The molecule has 3 aliphatic rings. The Morgan fingerprint density at radius 2 is 1.92 bits per heavy atom. The van der Waals surface area contributed by atoms with Crippen LogP contribution >= 0.6 is 0 Å². The largest absolute Gasteiger partial charge is 0.496 e. The van der Waals surface area contributed by atoms with E-state index in [1.54, 1.807) is 7.11 Å². The molecule has 1 aromatic heterocycles. The van der Waals surface area contributed by atoms with E-state index in [4.69, 9.17) is 9.72 Å². The number of pyridine rings is 1. The Labute approximate surface area is 233 Å². The Bertz CT molecular complexity index is 1140. The van der Waals surface area contributed by atoms with Crippen molar-refractivity contribution in [2.75, 3.05) is 51.3 Å². The number of carbonyl (C=O) groups is 1. The van der Waals surface area contributed by atoms with Gasteiger partial charge in [-0.25, -0.2) is 4.98 Å². The van der Waals surface area contributed by atoms with Crippen LogP contribution in [0.2, 0.25) is 0 Å². The van der Waals surface area contributed by atoms with Crippen LogP contribution in [-0.4, -0.2) is 73.4 Å². The topological polar surface area (TPSA) is 77.9 Å². The minimum atomic E-state index is -0.0515. The molecular formula is C32H44N4O3. The Morgan fingerprint density at radius 1 is 1.08 bits per heavy atom. The number of hydrogen-bond acceptors (Lipinski definition) is 6. The second-order valence-corrected chi connectivity index (χ2v) is 11.3. The van der Waals surface area contributed by atoms with Crippen molar-refractivity contribution >= 4 is 11.7 Å². The van der Waals surface area contributed by atoms with E-state index in [-0.39, 0.29) is 12.5 Å². The minimum Gasteiger partial charge on any atom is -0.496 e. The lowest BCUT2D eigenvalue weighted by Crippen LogP contribution is -2.49. The van der Waals surface area contributed by atoms with Crippen LogP contribution in [-0.2, 0) is 0 Å². The summed E-state index contributed by atoms with van der Waals surface area (Å²) in [6.07, 6.45) is 12.5. The van der Waals surface area contributed by atoms with Crippen molar-refractivity contribution < 1.29 is 14.6 Å². The third-order valence-electron chi connectivity index (χ3n) is 8.71. The van der Waals surface area contributed by atoms with Gasteiger partial charge in [0, 0.05) is 44.4 Å². The summed E-state index contributed by atoms with van der Waals surface area (Å²) in [5.41, 5.74) is 3.85. The SMILES string of the molecule is COc1ccccc1-c1ccc(C(=O)NCCC2=CCCCC2)c(N2CCC(N3CCC[C@H](CO)C3)CC2)n1. The smallest absolute Gasteiger partial charge is 0.255 e. The van der Waals surface area contributed by atoms with Crippen molar-refractivity contribution in [3.05, 3.63) is 53.6 Å². The molecule has 7 nitrogen and oxygen atoms in total. The van der Waals surface area contributed by atoms with Gasteiger partial charge in [-0.2, -0.15) is 0 Å². The zero-order chi connectivity index (χ0) is 27.0. The zero-order valence-electron chi connectivity index (χ0n) is 23.4. The second-order valence-electron chi connectivity index (χ2n) is 11.3. The summed E-state index contributed by atoms with van der Waals surface area (Å²) in [4.78, 5) is 23.4. The summed E-state index contributed by atoms with van der Waals surface area (Å²) in [5.74, 6) is 1.88. The molecule has 39 heavy (non-hydrogen) atoms. The first kappa shape index (κ1) is 27.7. The second kappa shape index (κ2) is 13.4. The highest BCUT2D eigenvalue weighted by Gasteiger charge is 2.30. The summed E-state index contributed by atoms with van der Waals surface area (Å²) in [6.45, 7) is 4.77. The van der Waals surface area contributed by atoms with E-state index in [0.29, 0.717) is 24.1 Å². The molecule has 1 atom stereocenters. The maximum atomic E-state index is 13.4. The maximum Gasteiger partial charge on any atom is 0.255 e. The molecule has 7 heteroatoms. The minimum absolute atomic E-state index is 0.0515. The molecule has 2 saturated heterocycles. The number of nitrogens with one attached hydrogen (secondary N) is 1. The highest BCUT2D eigenvalue weighted by molar-refractivity contribution is 5.99. The summed E-state index contributed by atoms with van der Waals surface area (Å²) >= 11 is 0. The van der Waals surface area contributed by atoms with E-state index in [1.807, 2.05) is 36.4 Å². The van der Waals surface area contributed by atoms with E-state index >= 15 is 0 Å². The van der Waals surface area contributed by atoms with Crippen LogP contribution < -0.4 is 15.0 Å². The number of para-hydroxylation sites is 1. The van der Waals surface area contributed by atoms with E-state index < -0.39 is 0 Å². The Balaban J connectivity index is 1.33. The molecule has 1 amide bonds. The van der Waals surface area contributed by atoms with E-state index in [0.717, 1.165) is 93.9 Å². The number of nitrogens with zero attached hydrogens (tertiary/aromatic N) is 3. The quantitative estimate of drug-likeness (QED) is 0.440. The number of anilines is 1. The molecule has 0 spiro atoms. The molecule has 3 heterocycles. The number of ether oxygens (including phenoxy) is 1. The number of carbonyl (C=O) groups excluding carboxylic acids is 1. The number of methoxy groups -OCH3 is 1. The number of likely N-dealkylation sites (tertiary alicyclic amines) is 1. The fourth-order valence-electron chi connectivity index (χ4n) is 6.46. The molecule has 2 N–H and O–H groups in total. The van der Waals surface area contributed by atoms with Crippen LogP contribution in [0.4, 0.5) is 5.82 Å². The Kier molecular flexibility index (Phi) is 9.53. The van der Waals surface area contributed by atoms with Crippen molar-refractivity contribution in [2.24, 2.45) is 5.92 Å². The fourth-order valence-corrected chi connectivity index (χ4v) is 6.46. The van der Waals surface area contributed by atoms with Crippen molar-refractivity contribution in [1.29, 1.82) is 0 Å². The number of rotatable bonds is 9. The molecule has 0 radical (unpaired) electrons. The first-order valence-electron chi connectivity index (χ1n) is 14.9. The molecule has 2 aliphatic heterocycles. The van der Waals surface area contributed by atoms with Crippen LogP contribution in [0.15, 0.2) is 48.0 Å². The van der Waals surface area contributed by atoms with E-state index in [1.165, 1.54) is 18.4 Å². The van der Waals surface area contributed by atoms with Crippen LogP contribution in [0.1, 0.15) is 68.1 Å². The van der Waals surface area contributed by atoms with E-state index in [2.05, 4.69) is 21.2 Å². The maximum absolute atomic E-state index is 13.4. The van der Waals surface area contributed by atoms with Crippen molar-refractivity contribution in [3.63, 3.8) is 0 Å². The van der Waals surface area contributed by atoms with Gasteiger partial charge in [0.15, 0.2) is 0 Å². The number of aliphatic hydroxyl groups excluding tert-OH is 1.